The highest BCUT2D eigenvalue weighted by Gasteiger charge is 2.09. The van der Waals surface area contributed by atoms with Crippen LogP contribution in [0.1, 0.15) is 45.6 Å². The van der Waals surface area contributed by atoms with Gasteiger partial charge in [0.1, 0.15) is 11.5 Å². The summed E-state index contributed by atoms with van der Waals surface area (Å²) in [6.07, 6.45) is 3.34. The van der Waals surface area contributed by atoms with E-state index in [1.54, 1.807) is 0 Å². The highest BCUT2D eigenvalue weighted by Crippen LogP contribution is 2.27. The van der Waals surface area contributed by atoms with Crippen LogP contribution in [0.3, 0.4) is 0 Å². The third kappa shape index (κ3) is 5.43. The van der Waals surface area contributed by atoms with E-state index in [1.165, 1.54) is 5.56 Å². The molecule has 108 valence electrons. The lowest BCUT2D eigenvalue weighted by molar-refractivity contribution is 0.237. The molecule has 0 atom stereocenters. The van der Waals surface area contributed by atoms with Crippen LogP contribution in [-0.2, 0) is 5.33 Å². The lowest BCUT2D eigenvalue weighted by Gasteiger charge is -2.16. The number of rotatable bonds is 9. The van der Waals surface area contributed by atoms with E-state index < -0.39 is 0 Å². The predicted molar refractivity (Wildman–Crippen MR) is 84.4 cm³/mol. The van der Waals surface area contributed by atoms with Crippen molar-refractivity contribution in [3.63, 3.8) is 0 Å². The van der Waals surface area contributed by atoms with Crippen LogP contribution in [0.2, 0.25) is 0 Å². The maximum absolute atomic E-state index is 5.98. The van der Waals surface area contributed by atoms with Crippen molar-refractivity contribution in [1.82, 2.24) is 0 Å². The second kappa shape index (κ2) is 9.24. The van der Waals surface area contributed by atoms with Gasteiger partial charge in [-0.2, -0.15) is 0 Å². The van der Waals surface area contributed by atoms with Crippen molar-refractivity contribution in [2.75, 3.05) is 13.2 Å². The number of hydrogen-bond acceptors (Lipinski definition) is 2. The van der Waals surface area contributed by atoms with E-state index in [9.17, 15) is 0 Å². The molecular formula is C16H25BrO2. The van der Waals surface area contributed by atoms with E-state index >= 15 is 0 Å². The van der Waals surface area contributed by atoms with Crippen LogP contribution in [0.5, 0.6) is 11.5 Å². The van der Waals surface area contributed by atoms with Crippen LogP contribution < -0.4 is 9.47 Å². The predicted octanol–water partition coefficient (Wildman–Crippen LogP) is 5.19. The summed E-state index contributed by atoms with van der Waals surface area (Å²) in [7, 11) is 0. The lowest BCUT2D eigenvalue weighted by atomic mass is 10.1. The minimum absolute atomic E-state index is 0.628. The minimum Gasteiger partial charge on any atom is -0.493 e. The molecule has 0 saturated carbocycles. The van der Waals surface area contributed by atoms with Gasteiger partial charge in [-0.1, -0.05) is 55.6 Å². The molecule has 0 N–H and O–H groups in total. The molecule has 1 aromatic carbocycles. The van der Waals surface area contributed by atoms with Gasteiger partial charge in [-0.15, -0.1) is 0 Å². The zero-order chi connectivity index (χ0) is 14.1. The smallest absolute Gasteiger partial charge is 0.127 e. The third-order valence-corrected chi connectivity index (χ3v) is 3.89. The summed E-state index contributed by atoms with van der Waals surface area (Å²) in [6, 6.07) is 6.09. The van der Waals surface area contributed by atoms with Gasteiger partial charge in [0.2, 0.25) is 0 Å². The molecule has 0 aromatic heterocycles. The summed E-state index contributed by atoms with van der Waals surface area (Å²) < 4.78 is 11.6. The molecule has 0 aliphatic carbocycles. The van der Waals surface area contributed by atoms with Crippen LogP contribution in [0.15, 0.2) is 18.2 Å². The maximum atomic E-state index is 5.98. The fourth-order valence-corrected chi connectivity index (χ4v) is 2.28. The van der Waals surface area contributed by atoms with E-state index in [2.05, 4.69) is 42.8 Å². The Morgan fingerprint density at radius 1 is 1.11 bits per heavy atom. The van der Waals surface area contributed by atoms with Crippen LogP contribution in [-0.4, -0.2) is 13.2 Å². The molecule has 19 heavy (non-hydrogen) atoms. The van der Waals surface area contributed by atoms with Crippen molar-refractivity contribution in [2.24, 2.45) is 5.92 Å². The summed E-state index contributed by atoms with van der Waals surface area (Å²) in [6.45, 7) is 8.06. The average Bonchev–Trinajstić information content (AvgIpc) is 2.46. The number of benzene rings is 1. The van der Waals surface area contributed by atoms with Gasteiger partial charge >= 0.3 is 0 Å². The number of hydrogen-bond donors (Lipinski definition) is 0. The first-order chi connectivity index (χ1) is 9.24. The topological polar surface area (TPSA) is 18.5 Å². The third-order valence-electron chi connectivity index (χ3n) is 3.28. The van der Waals surface area contributed by atoms with Crippen molar-refractivity contribution < 1.29 is 9.47 Å². The first-order valence-electron chi connectivity index (χ1n) is 7.19. The Bertz CT molecular complexity index is 362. The van der Waals surface area contributed by atoms with Gasteiger partial charge in [0.25, 0.3) is 0 Å². The second-order valence-corrected chi connectivity index (χ2v) is 5.31. The molecule has 0 aliphatic rings. The highest BCUT2D eigenvalue weighted by molar-refractivity contribution is 9.08. The van der Waals surface area contributed by atoms with Gasteiger partial charge in [0.05, 0.1) is 13.2 Å². The van der Waals surface area contributed by atoms with E-state index in [0.29, 0.717) is 5.92 Å². The fraction of sp³-hybridized carbons (Fsp3) is 0.625. The molecule has 1 aromatic rings. The van der Waals surface area contributed by atoms with Crippen LogP contribution in [0.25, 0.3) is 0 Å². The Morgan fingerprint density at radius 3 is 2.42 bits per heavy atom. The molecule has 2 nitrogen and oxygen atoms in total. The molecular weight excluding hydrogens is 304 g/mol. The summed E-state index contributed by atoms with van der Waals surface area (Å²) in [5, 5.41) is 0.805. The SMILES string of the molecule is CCCOc1ccc(CBr)c(OCC(CC)CC)c1. The largest absolute Gasteiger partial charge is 0.493 e. The van der Waals surface area contributed by atoms with Gasteiger partial charge < -0.3 is 9.47 Å². The van der Waals surface area contributed by atoms with Crippen molar-refractivity contribution in [1.29, 1.82) is 0 Å². The van der Waals surface area contributed by atoms with Crippen molar-refractivity contribution >= 4 is 15.9 Å². The second-order valence-electron chi connectivity index (χ2n) is 4.75. The number of ether oxygens (including phenoxy) is 2. The zero-order valence-corrected chi connectivity index (χ0v) is 13.8. The Hall–Kier alpha value is -0.700. The molecule has 0 aliphatic heterocycles. The minimum atomic E-state index is 0.628. The molecule has 3 heteroatoms. The highest BCUT2D eigenvalue weighted by atomic mass is 79.9. The molecule has 0 saturated heterocycles. The molecule has 1 rings (SSSR count). The first-order valence-corrected chi connectivity index (χ1v) is 8.31. The van der Waals surface area contributed by atoms with E-state index in [4.69, 9.17) is 9.47 Å². The normalized spacial score (nSPS) is 10.8. The van der Waals surface area contributed by atoms with Crippen molar-refractivity contribution in [3.05, 3.63) is 23.8 Å². The summed E-state index contributed by atoms with van der Waals surface area (Å²) >= 11 is 3.51. The van der Waals surface area contributed by atoms with Crippen LogP contribution in [0, 0.1) is 5.92 Å². The monoisotopic (exact) mass is 328 g/mol. The summed E-state index contributed by atoms with van der Waals surface area (Å²) in [5.74, 6) is 2.46. The molecule has 0 heterocycles. The summed E-state index contributed by atoms with van der Waals surface area (Å²) in [5.41, 5.74) is 1.18. The van der Waals surface area contributed by atoms with Crippen molar-refractivity contribution in [3.8, 4) is 11.5 Å². The average molecular weight is 329 g/mol. The fourth-order valence-electron chi connectivity index (χ4n) is 1.82. The van der Waals surface area contributed by atoms with Crippen LogP contribution >= 0.6 is 15.9 Å². The number of alkyl halides is 1. The van der Waals surface area contributed by atoms with E-state index in [-0.39, 0.29) is 0 Å². The van der Waals surface area contributed by atoms with E-state index in [0.717, 1.165) is 49.3 Å². The van der Waals surface area contributed by atoms with Crippen molar-refractivity contribution in [2.45, 2.75) is 45.4 Å². The zero-order valence-electron chi connectivity index (χ0n) is 12.2. The molecule has 0 spiro atoms. The van der Waals surface area contributed by atoms with Gasteiger partial charge in [-0.3, -0.25) is 0 Å². The standard InChI is InChI=1S/C16H25BrO2/c1-4-9-18-15-8-7-14(11-17)16(10-15)19-12-13(5-2)6-3/h7-8,10,13H,4-6,9,11-12H2,1-3H3. The molecule has 0 unspecified atom stereocenters. The van der Waals surface area contributed by atoms with E-state index in [1.807, 2.05) is 12.1 Å². The Morgan fingerprint density at radius 2 is 1.84 bits per heavy atom. The molecule has 0 fully saturated rings. The Balaban J connectivity index is 2.72. The maximum Gasteiger partial charge on any atom is 0.127 e. The summed E-state index contributed by atoms with van der Waals surface area (Å²) in [4.78, 5) is 0. The van der Waals surface area contributed by atoms with Gasteiger partial charge in [-0.25, -0.2) is 0 Å². The molecule has 0 radical (unpaired) electrons. The molecule has 0 amide bonds. The molecule has 0 bridgehead atoms. The first kappa shape index (κ1) is 16.4. The Labute approximate surface area is 125 Å². The van der Waals surface area contributed by atoms with Gasteiger partial charge in [0, 0.05) is 17.0 Å². The van der Waals surface area contributed by atoms with Crippen LogP contribution in [0.4, 0.5) is 0 Å². The van der Waals surface area contributed by atoms with Gasteiger partial charge in [-0.05, 0) is 18.4 Å². The Kier molecular flexibility index (Phi) is 7.96. The van der Waals surface area contributed by atoms with Gasteiger partial charge in [0.15, 0.2) is 0 Å². The lowest BCUT2D eigenvalue weighted by Crippen LogP contribution is -2.11. The number of halogens is 1. The quantitative estimate of drug-likeness (QED) is 0.581.